The van der Waals surface area contributed by atoms with Crippen molar-refractivity contribution >= 4 is 5.82 Å². The van der Waals surface area contributed by atoms with E-state index in [0.717, 1.165) is 0 Å². The molecule has 1 aliphatic heterocycles. The molecule has 1 saturated heterocycles. The van der Waals surface area contributed by atoms with Gasteiger partial charge in [-0.3, -0.25) is 0 Å². The van der Waals surface area contributed by atoms with Crippen molar-refractivity contribution in [1.82, 2.24) is 9.97 Å². The smallest absolute Gasteiger partial charge is 0.183 e. The summed E-state index contributed by atoms with van der Waals surface area (Å²) in [5.41, 5.74) is -0.163. The lowest BCUT2D eigenvalue weighted by atomic mass is 9.86. The first-order valence-electron chi connectivity index (χ1n) is 6.07. The van der Waals surface area contributed by atoms with Gasteiger partial charge in [-0.2, -0.15) is 5.26 Å². The van der Waals surface area contributed by atoms with Crippen LogP contribution in [0.1, 0.15) is 11.3 Å². The van der Waals surface area contributed by atoms with E-state index in [0.29, 0.717) is 24.5 Å². The van der Waals surface area contributed by atoms with Crippen molar-refractivity contribution in [2.24, 2.45) is 0 Å². The van der Waals surface area contributed by atoms with Crippen LogP contribution in [0.4, 0.5) is 10.2 Å². The molecule has 0 atom stereocenters. The van der Waals surface area contributed by atoms with Gasteiger partial charge < -0.3 is 10.0 Å². The highest BCUT2D eigenvalue weighted by Crippen LogP contribution is 2.35. The number of aromatic nitrogens is 2. The minimum atomic E-state index is -1.04. The van der Waals surface area contributed by atoms with Crippen LogP contribution in [0.2, 0.25) is 0 Å². The number of anilines is 1. The van der Waals surface area contributed by atoms with Gasteiger partial charge in [0.15, 0.2) is 11.5 Å². The van der Waals surface area contributed by atoms with Gasteiger partial charge in [0.25, 0.3) is 0 Å². The lowest BCUT2D eigenvalue weighted by Crippen LogP contribution is -2.60. The third kappa shape index (κ3) is 1.98. The SMILES string of the molecule is N#Cc1nccnc1N1CC(O)(c2ccc(F)cc2)C1. The Labute approximate surface area is 114 Å². The molecule has 0 bridgehead atoms. The second kappa shape index (κ2) is 4.54. The number of rotatable bonds is 2. The number of benzene rings is 1. The van der Waals surface area contributed by atoms with Crippen molar-refractivity contribution in [1.29, 1.82) is 5.26 Å². The minimum absolute atomic E-state index is 0.230. The third-order valence-electron chi connectivity index (χ3n) is 3.37. The van der Waals surface area contributed by atoms with Gasteiger partial charge in [0, 0.05) is 12.4 Å². The highest BCUT2D eigenvalue weighted by Gasteiger charge is 2.44. The van der Waals surface area contributed by atoms with E-state index in [9.17, 15) is 9.50 Å². The first kappa shape index (κ1) is 12.5. The van der Waals surface area contributed by atoms with Crippen molar-refractivity contribution in [2.75, 3.05) is 18.0 Å². The molecule has 20 heavy (non-hydrogen) atoms. The Kier molecular flexibility index (Phi) is 2.84. The number of halogens is 1. The average Bonchev–Trinajstić information content (AvgIpc) is 2.44. The predicted molar refractivity (Wildman–Crippen MR) is 69.3 cm³/mol. The lowest BCUT2D eigenvalue weighted by Gasteiger charge is -2.47. The van der Waals surface area contributed by atoms with Crippen molar-refractivity contribution in [3.05, 3.63) is 53.7 Å². The molecular formula is C14H11FN4O. The average molecular weight is 270 g/mol. The molecule has 6 heteroatoms. The summed E-state index contributed by atoms with van der Waals surface area (Å²) < 4.78 is 12.9. The Bertz CT molecular complexity index is 674. The zero-order chi connectivity index (χ0) is 14.2. The monoisotopic (exact) mass is 270 g/mol. The summed E-state index contributed by atoms with van der Waals surface area (Å²) in [6, 6.07) is 7.74. The normalized spacial score (nSPS) is 16.4. The molecule has 5 nitrogen and oxygen atoms in total. The molecule has 0 saturated carbocycles. The number of hydrogen-bond donors (Lipinski definition) is 1. The van der Waals surface area contributed by atoms with Crippen molar-refractivity contribution < 1.29 is 9.50 Å². The maximum absolute atomic E-state index is 12.9. The zero-order valence-electron chi connectivity index (χ0n) is 10.5. The first-order valence-corrected chi connectivity index (χ1v) is 6.07. The Morgan fingerprint density at radius 3 is 2.50 bits per heavy atom. The van der Waals surface area contributed by atoms with Crippen LogP contribution < -0.4 is 4.90 Å². The number of nitriles is 1. The lowest BCUT2D eigenvalue weighted by molar-refractivity contribution is 0.00694. The van der Waals surface area contributed by atoms with Crippen LogP contribution in [0.15, 0.2) is 36.7 Å². The molecule has 1 aromatic carbocycles. The van der Waals surface area contributed by atoms with Crippen LogP contribution in [0, 0.1) is 17.1 Å². The molecule has 0 spiro atoms. The molecule has 1 aromatic heterocycles. The second-order valence-corrected chi connectivity index (χ2v) is 4.73. The van der Waals surface area contributed by atoms with Crippen LogP contribution in [0.3, 0.4) is 0 Å². The van der Waals surface area contributed by atoms with Gasteiger partial charge in [-0.25, -0.2) is 14.4 Å². The minimum Gasteiger partial charge on any atom is -0.381 e. The van der Waals surface area contributed by atoms with E-state index >= 15 is 0 Å². The third-order valence-corrected chi connectivity index (χ3v) is 3.37. The molecule has 3 rings (SSSR count). The summed E-state index contributed by atoms with van der Waals surface area (Å²) in [6.45, 7) is 0.595. The van der Waals surface area contributed by atoms with Gasteiger partial charge in [-0.1, -0.05) is 12.1 Å². The van der Waals surface area contributed by atoms with Gasteiger partial charge >= 0.3 is 0 Å². The van der Waals surface area contributed by atoms with Crippen molar-refractivity contribution in [3.63, 3.8) is 0 Å². The van der Waals surface area contributed by atoms with E-state index in [2.05, 4.69) is 9.97 Å². The molecule has 0 radical (unpaired) electrons. The second-order valence-electron chi connectivity index (χ2n) is 4.73. The highest BCUT2D eigenvalue weighted by molar-refractivity contribution is 5.54. The molecule has 2 heterocycles. The molecule has 0 amide bonds. The summed E-state index contributed by atoms with van der Waals surface area (Å²) in [5.74, 6) is 0.121. The Morgan fingerprint density at radius 1 is 1.20 bits per heavy atom. The zero-order valence-corrected chi connectivity index (χ0v) is 10.5. The van der Waals surface area contributed by atoms with Crippen molar-refractivity contribution in [3.8, 4) is 6.07 Å². The Balaban J connectivity index is 1.81. The molecule has 0 unspecified atom stereocenters. The van der Waals surface area contributed by atoms with E-state index in [4.69, 9.17) is 5.26 Å². The number of hydrogen-bond acceptors (Lipinski definition) is 5. The van der Waals surface area contributed by atoms with E-state index < -0.39 is 5.60 Å². The van der Waals surface area contributed by atoms with E-state index in [1.165, 1.54) is 24.5 Å². The fourth-order valence-electron chi connectivity index (χ4n) is 2.32. The maximum Gasteiger partial charge on any atom is 0.183 e. The molecule has 100 valence electrons. The van der Waals surface area contributed by atoms with Crippen LogP contribution in [0.25, 0.3) is 0 Å². The molecule has 1 aliphatic rings. The van der Waals surface area contributed by atoms with Crippen LogP contribution in [0.5, 0.6) is 0 Å². The summed E-state index contributed by atoms with van der Waals surface area (Å²) in [6.07, 6.45) is 2.96. The number of nitrogens with zero attached hydrogens (tertiary/aromatic N) is 4. The van der Waals surface area contributed by atoms with Crippen LogP contribution >= 0.6 is 0 Å². The maximum atomic E-state index is 12.9. The number of β-amino-alcohol motifs (C(OH)–C–C–N with tert-alkyl or cyclic N) is 1. The fourth-order valence-corrected chi connectivity index (χ4v) is 2.32. The molecule has 0 aliphatic carbocycles. The Morgan fingerprint density at radius 2 is 1.85 bits per heavy atom. The van der Waals surface area contributed by atoms with E-state index in [1.807, 2.05) is 6.07 Å². The standard InChI is InChI=1S/C14H11FN4O/c15-11-3-1-10(2-4-11)14(20)8-19(9-14)13-12(7-16)17-5-6-18-13/h1-6,20H,8-9H2. The summed E-state index contributed by atoms with van der Waals surface area (Å²) >= 11 is 0. The molecule has 1 fully saturated rings. The van der Waals surface area contributed by atoms with Gasteiger partial charge in [-0.05, 0) is 17.7 Å². The largest absolute Gasteiger partial charge is 0.381 e. The van der Waals surface area contributed by atoms with Crippen molar-refractivity contribution in [2.45, 2.75) is 5.60 Å². The summed E-state index contributed by atoms with van der Waals surface area (Å²) in [4.78, 5) is 9.82. The quantitative estimate of drug-likeness (QED) is 0.887. The van der Waals surface area contributed by atoms with Gasteiger partial charge in [0.2, 0.25) is 0 Å². The summed E-state index contributed by atoms with van der Waals surface area (Å²) in [5, 5.41) is 19.5. The highest BCUT2D eigenvalue weighted by atomic mass is 19.1. The van der Waals surface area contributed by atoms with Crippen LogP contribution in [-0.2, 0) is 5.60 Å². The molecule has 1 N–H and O–H groups in total. The topological polar surface area (TPSA) is 73.0 Å². The van der Waals surface area contributed by atoms with Crippen LogP contribution in [-0.4, -0.2) is 28.2 Å². The van der Waals surface area contributed by atoms with E-state index in [-0.39, 0.29) is 11.5 Å². The summed E-state index contributed by atoms with van der Waals surface area (Å²) in [7, 11) is 0. The van der Waals surface area contributed by atoms with Gasteiger partial charge in [0.05, 0.1) is 13.1 Å². The molecular weight excluding hydrogens is 259 g/mol. The van der Waals surface area contributed by atoms with Gasteiger partial charge in [-0.15, -0.1) is 0 Å². The number of aliphatic hydroxyl groups is 1. The van der Waals surface area contributed by atoms with E-state index in [1.54, 1.807) is 17.0 Å². The fraction of sp³-hybridized carbons (Fsp3) is 0.214. The van der Waals surface area contributed by atoms with Gasteiger partial charge in [0.1, 0.15) is 17.5 Å². The Hall–Kier alpha value is -2.52. The first-order chi connectivity index (χ1) is 9.62. The predicted octanol–water partition coefficient (Wildman–Crippen LogP) is 1.20. The molecule has 2 aromatic rings.